The molecule has 0 unspecified atom stereocenters. The third-order valence-corrected chi connectivity index (χ3v) is 4.74. The molecular weight excluding hydrogens is 330 g/mol. The van der Waals surface area contributed by atoms with Gasteiger partial charge in [-0.3, -0.25) is 4.99 Å². The van der Waals surface area contributed by atoms with Gasteiger partial charge in [0.25, 0.3) is 0 Å². The van der Waals surface area contributed by atoms with Crippen molar-refractivity contribution in [1.82, 2.24) is 0 Å². The maximum absolute atomic E-state index is 5.83. The highest BCUT2D eigenvalue weighted by Gasteiger charge is 1.97. The van der Waals surface area contributed by atoms with Gasteiger partial charge in [0.05, 0.1) is 12.3 Å². The number of nitrogens with zero attached hydrogens (tertiary/aromatic N) is 1. The van der Waals surface area contributed by atoms with Crippen molar-refractivity contribution in [2.75, 3.05) is 6.61 Å². The minimum Gasteiger partial charge on any atom is -0.494 e. The summed E-state index contributed by atoms with van der Waals surface area (Å²) in [7, 11) is 0. The molecule has 0 aliphatic carbocycles. The maximum atomic E-state index is 5.83. The van der Waals surface area contributed by atoms with E-state index in [4.69, 9.17) is 4.74 Å². The fourth-order valence-corrected chi connectivity index (χ4v) is 3.13. The van der Waals surface area contributed by atoms with Gasteiger partial charge in [-0.25, -0.2) is 0 Å². The largest absolute Gasteiger partial charge is 0.494 e. The van der Waals surface area contributed by atoms with Gasteiger partial charge in [-0.1, -0.05) is 69.4 Å². The van der Waals surface area contributed by atoms with Gasteiger partial charge in [-0.2, -0.15) is 0 Å². The van der Waals surface area contributed by atoms with E-state index >= 15 is 0 Å². The Morgan fingerprint density at radius 2 is 1.52 bits per heavy atom. The quantitative estimate of drug-likeness (QED) is 0.274. The minimum atomic E-state index is 0.802. The summed E-state index contributed by atoms with van der Waals surface area (Å²) in [6.45, 7) is 3.05. The van der Waals surface area contributed by atoms with Crippen LogP contribution in [0.3, 0.4) is 0 Å². The van der Waals surface area contributed by atoms with Crippen LogP contribution in [0.4, 0.5) is 5.69 Å². The Kier molecular flexibility index (Phi) is 7.46. The van der Waals surface area contributed by atoms with E-state index in [-0.39, 0.29) is 0 Å². The highest BCUT2D eigenvalue weighted by atomic mass is 16.5. The first-order valence-corrected chi connectivity index (χ1v) is 10.1. The highest BCUT2D eigenvalue weighted by Crippen LogP contribution is 2.21. The molecule has 3 aromatic rings. The van der Waals surface area contributed by atoms with Gasteiger partial charge in [-0.15, -0.1) is 0 Å². The third kappa shape index (κ3) is 6.25. The number of unbranched alkanes of at least 4 members (excludes halogenated alkanes) is 5. The molecule has 0 N–H and O–H groups in total. The summed E-state index contributed by atoms with van der Waals surface area (Å²) in [5.74, 6) is 0.936. The van der Waals surface area contributed by atoms with Gasteiger partial charge < -0.3 is 4.74 Å². The number of aliphatic imine (C=N–C) groups is 1. The van der Waals surface area contributed by atoms with E-state index in [9.17, 15) is 0 Å². The molecule has 2 heteroatoms. The van der Waals surface area contributed by atoms with Gasteiger partial charge in [0.15, 0.2) is 0 Å². The van der Waals surface area contributed by atoms with Crippen LogP contribution in [0.15, 0.2) is 71.7 Å². The van der Waals surface area contributed by atoms with Crippen molar-refractivity contribution in [3.8, 4) is 5.75 Å². The zero-order valence-electron chi connectivity index (χ0n) is 16.2. The van der Waals surface area contributed by atoms with Crippen LogP contribution in [0.25, 0.3) is 10.8 Å². The molecule has 27 heavy (non-hydrogen) atoms. The van der Waals surface area contributed by atoms with Gasteiger partial charge in [0.2, 0.25) is 0 Å². The number of fused-ring (bicyclic) bond motifs is 1. The van der Waals surface area contributed by atoms with Crippen molar-refractivity contribution in [2.24, 2.45) is 4.99 Å². The number of benzene rings is 3. The monoisotopic (exact) mass is 359 g/mol. The Hall–Kier alpha value is -2.61. The smallest absolute Gasteiger partial charge is 0.119 e. The number of hydrogen-bond donors (Lipinski definition) is 0. The van der Waals surface area contributed by atoms with E-state index in [0.29, 0.717) is 0 Å². The van der Waals surface area contributed by atoms with Gasteiger partial charge >= 0.3 is 0 Å². The Morgan fingerprint density at radius 3 is 2.33 bits per heavy atom. The summed E-state index contributed by atoms with van der Waals surface area (Å²) >= 11 is 0. The molecular formula is C25H29NO. The fraction of sp³-hybridized carbons (Fsp3) is 0.320. The number of rotatable bonds is 10. The minimum absolute atomic E-state index is 0.802. The number of ether oxygens (including phenoxy) is 1. The van der Waals surface area contributed by atoms with Crippen molar-refractivity contribution < 1.29 is 4.74 Å². The van der Waals surface area contributed by atoms with Crippen LogP contribution in [0, 0.1) is 0 Å². The molecule has 0 atom stereocenters. The molecule has 0 aliphatic heterocycles. The predicted molar refractivity (Wildman–Crippen MR) is 117 cm³/mol. The molecule has 0 saturated carbocycles. The van der Waals surface area contributed by atoms with Crippen LogP contribution >= 0.6 is 0 Å². The second-order valence-electron chi connectivity index (χ2n) is 6.97. The molecule has 0 aliphatic rings. The van der Waals surface area contributed by atoms with Gasteiger partial charge in [0.1, 0.15) is 5.75 Å². The molecule has 3 rings (SSSR count). The molecule has 0 heterocycles. The fourth-order valence-electron chi connectivity index (χ4n) is 3.13. The zero-order valence-corrected chi connectivity index (χ0v) is 16.2. The summed E-state index contributed by atoms with van der Waals surface area (Å²) in [5.41, 5.74) is 2.05. The van der Waals surface area contributed by atoms with Crippen LogP contribution in [0.1, 0.15) is 51.0 Å². The van der Waals surface area contributed by atoms with E-state index in [2.05, 4.69) is 66.5 Å². The standard InChI is InChI=1S/C25H29NO/c1-2-3-4-5-6-9-18-27-25-16-12-21(13-17-25)20-26-24-15-14-22-10-7-8-11-23(22)19-24/h7-8,10-17,19-20H,2-6,9,18H2,1H3. The van der Waals surface area contributed by atoms with E-state index in [0.717, 1.165) is 30.0 Å². The lowest BCUT2D eigenvalue weighted by molar-refractivity contribution is 0.304. The summed E-state index contributed by atoms with van der Waals surface area (Å²) in [6.07, 6.45) is 9.62. The van der Waals surface area contributed by atoms with Crippen molar-refractivity contribution in [2.45, 2.75) is 45.4 Å². The molecule has 0 fully saturated rings. The van der Waals surface area contributed by atoms with Crippen LogP contribution in [-0.2, 0) is 0 Å². The lowest BCUT2D eigenvalue weighted by Gasteiger charge is -2.06. The number of hydrogen-bond acceptors (Lipinski definition) is 2. The molecule has 2 nitrogen and oxygen atoms in total. The van der Waals surface area contributed by atoms with Crippen LogP contribution < -0.4 is 4.74 Å². The average molecular weight is 360 g/mol. The summed E-state index contributed by atoms with van der Waals surface area (Å²) in [4.78, 5) is 4.60. The van der Waals surface area contributed by atoms with Crippen LogP contribution in [-0.4, -0.2) is 12.8 Å². The first-order valence-electron chi connectivity index (χ1n) is 10.1. The molecule has 0 spiro atoms. The molecule has 0 amide bonds. The normalized spacial score (nSPS) is 11.3. The Labute approximate surface area is 162 Å². The van der Waals surface area contributed by atoms with Gasteiger partial charge in [0, 0.05) is 6.21 Å². The van der Waals surface area contributed by atoms with E-state index in [1.54, 1.807) is 0 Å². The predicted octanol–water partition coefficient (Wildman–Crippen LogP) is 7.33. The maximum Gasteiger partial charge on any atom is 0.119 e. The lowest BCUT2D eigenvalue weighted by Crippen LogP contribution is -1.97. The summed E-state index contributed by atoms with van der Waals surface area (Å²) in [6, 6.07) is 22.8. The van der Waals surface area contributed by atoms with E-state index in [1.165, 1.54) is 42.9 Å². The molecule has 0 saturated heterocycles. The first kappa shape index (κ1) is 19.2. The molecule has 0 aromatic heterocycles. The van der Waals surface area contributed by atoms with Gasteiger partial charge in [-0.05, 0) is 59.2 Å². The van der Waals surface area contributed by atoms with E-state index < -0.39 is 0 Å². The molecule has 3 aromatic carbocycles. The molecule has 0 bridgehead atoms. The second-order valence-corrected chi connectivity index (χ2v) is 6.97. The Bertz CT molecular complexity index is 852. The zero-order chi connectivity index (χ0) is 18.7. The van der Waals surface area contributed by atoms with Crippen molar-refractivity contribution in [3.63, 3.8) is 0 Å². The highest BCUT2D eigenvalue weighted by molar-refractivity contribution is 5.87. The Balaban J connectivity index is 1.47. The molecule has 0 radical (unpaired) electrons. The van der Waals surface area contributed by atoms with Crippen molar-refractivity contribution in [3.05, 3.63) is 72.3 Å². The summed E-state index contributed by atoms with van der Waals surface area (Å²) in [5, 5.41) is 2.45. The summed E-state index contributed by atoms with van der Waals surface area (Å²) < 4.78 is 5.83. The van der Waals surface area contributed by atoms with Crippen molar-refractivity contribution >= 4 is 22.7 Å². The second kappa shape index (κ2) is 10.5. The van der Waals surface area contributed by atoms with E-state index in [1.807, 2.05) is 18.3 Å². The molecule has 140 valence electrons. The average Bonchev–Trinajstić information content (AvgIpc) is 2.72. The van der Waals surface area contributed by atoms with Crippen molar-refractivity contribution in [1.29, 1.82) is 0 Å². The first-order chi connectivity index (χ1) is 13.3. The van der Waals surface area contributed by atoms with Crippen LogP contribution in [0.2, 0.25) is 0 Å². The van der Waals surface area contributed by atoms with Crippen LogP contribution in [0.5, 0.6) is 5.75 Å². The third-order valence-electron chi connectivity index (χ3n) is 4.74. The topological polar surface area (TPSA) is 21.6 Å². The SMILES string of the molecule is CCCCCCCCOc1ccc(C=Nc2ccc3ccccc3c2)cc1. The lowest BCUT2D eigenvalue weighted by atomic mass is 10.1. The Morgan fingerprint density at radius 1 is 0.778 bits per heavy atom.